The maximum atomic E-state index is 12.5. The van der Waals surface area contributed by atoms with E-state index < -0.39 is 17.9 Å². The molecule has 0 aliphatic carbocycles. The summed E-state index contributed by atoms with van der Waals surface area (Å²) >= 11 is 0. The fourth-order valence-corrected chi connectivity index (χ4v) is 3.74. The summed E-state index contributed by atoms with van der Waals surface area (Å²) in [5, 5.41) is 10.5. The van der Waals surface area contributed by atoms with Gasteiger partial charge < -0.3 is 10.8 Å². The lowest BCUT2D eigenvalue weighted by Gasteiger charge is -2.20. The number of aliphatic hydroxyl groups is 1. The number of benzene rings is 2. The Hall–Kier alpha value is -2.90. The third-order valence-corrected chi connectivity index (χ3v) is 5.65. The molecular weight excluding hydrogens is 386 g/mol. The quantitative estimate of drug-likeness (QED) is 0.265. The highest BCUT2D eigenvalue weighted by Crippen LogP contribution is 2.20. The van der Waals surface area contributed by atoms with Crippen molar-refractivity contribution in [2.75, 3.05) is 0 Å². The number of aryl methyl sites for hydroxylation is 1. The Balaban J connectivity index is 1.80. The van der Waals surface area contributed by atoms with Crippen LogP contribution in [0.25, 0.3) is 0 Å². The number of rotatable bonds is 14. The van der Waals surface area contributed by atoms with Crippen molar-refractivity contribution in [3.05, 3.63) is 71.3 Å². The number of primary amides is 1. The van der Waals surface area contributed by atoms with Gasteiger partial charge in [0, 0.05) is 17.5 Å². The van der Waals surface area contributed by atoms with Crippen molar-refractivity contribution in [2.45, 2.75) is 63.9 Å². The zero-order chi connectivity index (χ0) is 22.5. The number of terminal acetylenes is 1. The number of nitrogens with two attached hydrogens (primary N) is 1. The molecule has 0 aromatic heterocycles. The summed E-state index contributed by atoms with van der Waals surface area (Å²) in [5.74, 6) is 1.66. The number of carbonyl (C=O) groups excluding carboxylic acids is 2. The van der Waals surface area contributed by atoms with Gasteiger partial charge in [0.15, 0.2) is 5.78 Å². The van der Waals surface area contributed by atoms with E-state index in [1.807, 2.05) is 42.5 Å². The lowest BCUT2D eigenvalue weighted by molar-refractivity contribution is -0.125. The highest BCUT2D eigenvalue weighted by molar-refractivity contribution is 6.08. The predicted molar refractivity (Wildman–Crippen MR) is 124 cm³/mol. The molecule has 1 amide bonds. The SMILES string of the molecule is C#CCCCCCCCC(C(N)=O)C(O)CCc1ccc(C(=O)c2ccccc2)cc1. The molecule has 31 heavy (non-hydrogen) atoms. The molecule has 2 aromatic carbocycles. The van der Waals surface area contributed by atoms with Gasteiger partial charge in [0.25, 0.3) is 0 Å². The summed E-state index contributed by atoms with van der Waals surface area (Å²) in [5.41, 5.74) is 7.84. The van der Waals surface area contributed by atoms with E-state index in [4.69, 9.17) is 12.2 Å². The Morgan fingerprint density at radius 2 is 1.48 bits per heavy atom. The van der Waals surface area contributed by atoms with E-state index in [9.17, 15) is 14.7 Å². The Bertz CT molecular complexity index is 852. The predicted octanol–water partition coefficient (Wildman–Crippen LogP) is 4.68. The Kier molecular flexibility index (Phi) is 10.5. The molecule has 2 rings (SSSR count). The maximum absolute atomic E-state index is 12.5. The molecule has 3 N–H and O–H groups in total. The van der Waals surface area contributed by atoms with Gasteiger partial charge in [0.1, 0.15) is 0 Å². The number of unbranched alkanes of at least 4 members (excludes halogenated alkanes) is 5. The largest absolute Gasteiger partial charge is 0.392 e. The Labute approximate surface area is 185 Å². The van der Waals surface area contributed by atoms with Gasteiger partial charge in [-0.25, -0.2) is 0 Å². The molecule has 4 nitrogen and oxygen atoms in total. The molecule has 0 bridgehead atoms. The van der Waals surface area contributed by atoms with Crippen molar-refractivity contribution in [1.29, 1.82) is 0 Å². The lowest BCUT2D eigenvalue weighted by atomic mass is 9.90. The van der Waals surface area contributed by atoms with Crippen LogP contribution in [-0.4, -0.2) is 22.9 Å². The van der Waals surface area contributed by atoms with Crippen LogP contribution in [0.15, 0.2) is 54.6 Å². The van der Waals surface area contributed by atoms with Gasteiger partial charge in [-0.05, 0) is 31.2 Å². The van der Waals surface area contributed by atoms with Crippen LogP contribution in [0.1, 0.15) is 72.9 Å². The number of hydrogen-bond acceptors (Lipinski definition) is 3. The molecule has 4 heteroatoms. The zero-order valence-electron chi connectivity index (χ0n) is 18.1. The van der Waals surface area contributed by atoms with Gasteiger partial charge in [0.2, 0.25) is 5.91 Å². The molecule has 0 aliphatic heterocycles. The number of amides is 1. The Morgan fingerprint density at radius 3 is 2.13 bits per heavy atom. The normalized spacial score (nSPS) is 12.6. The summed E-state index contributed by atoms with van der Waals surface area (Å²) in [6.45, 7) is 0. The van der Waals surface area contributed by atoms with E-state index in [1.165, 1.54) is 0 Å². The molecule has 2 unspecified atom stereocenters. The van der Waals surface area contributed by atoms with Crippen molar-refractivity contribution in [3.8, 4) is 12.3 Å². The van der Waals surface area contributed by atoms with Crippen molar-refractivity contribution in [3.63, 3.8) is 0 Å². The molecule has 0 aliphatic rings. The summed E-state index contributed by atoms with van der Waals surface area (Å²) < 4.78 is 0. The van der Waals surface area contributed by atoms with Gasteiger partial charge in [-0.15, -0.1) is 12.3 Å². The second-order valence-corrected chi connectivity index (χ2v) is 8.02. The first-order valence-corrected chi connectivity index (χ1v) is 11.1. The van der Waals surface area contributed by atoms with Crippen molar-refractivity contribution >= 4 is 11.7 Å². The second kappa shape index (κ2) is 13.4. The van der Waals surface area contributed by atoms with E-state index in [-0.39, 0.29) is 5.78 Å². The second-order valence-electron chi connectivity index (χ2n) is 8.02. The van der Waals surface area contributed by atoms with Gasteiger partial charge in [-0.1, -0.05) is 80.3 Å². The van der Waals surface area contributed by atoms with Gasteiger partial charge in [-0.3, -0.25) is 9.59 Å². The molecule has 0 saturated heterocycles. The zero-order valence-corrected chi connectivity index (χ0v) is 18.1. The van der Waals surface area contributed by atoms with Crippen LogP contribution in [0.2, 0.25) is 0 Å². The van der Waals surface area contributed by atoms with Crippen LogP contribution in [0, 0.1) is 18.3 Å². The summed E-state index contributed by atoms with van der Waals surface area (Å²) in [6, 6.07) is 16.6. The first-order chi connectivity index (χ1) is 15.0. The van der Waals surface area contributed by atoms with Gasteiger partial charge >= 0.3 is 0 Å². The molecule has 164 valence electrons. The van der Waals surface area contributed by atoms with Gasteiger partial charge in [0.05, 0.1) is 12.0 Å². The molecule has 2 atom stereocenters. The lowest BCUT2D eigenvalue weighted by Crippen LogP contribution is -2.33. The van der Waals surface area contributed by atoms with Crippen LogP contribution in [-0.2, 0) is 11.2 Å². The first kappa shape index (κ1) is 24.4. The van der Waals surface area contributed by atoms with Crippen LogP contribution in [0.4, 0.5) is 0 Å². The van der Waals surface area contributed by atoms with Crippen LogP contribution < -0.4 is 5.73 Å². The molecule has 0 saturated carbocycles. The van der Waals surface area contributed by atoms with Crippen molar-refractivity contribution in [1.82, 2.24) is 0 Å². The minimum atomic E-state index is -0.760. The van der Waals surface area contributed by atoms with Crippen molar-refractivity contribution in [2.24, 2.45) is 11.7 Å². The van der Waals surface area contributed by atoms with E-state index in [1.54, 1.807) is 12.1 Å². The van der Waals surface area contributed by atoms with Crippen molar-refractivity contribution < 1.29 is 14.7 Å². The molecular formula is C27H33NO3. The topological polar surface area (TPSA) is 80.4 Å². The third kappa shape index (κ3) is 8.39. The monoisotopic (exact) mass is 419 g/mol. The molecule has 0 radical (unpaired) electrons. The summed E-state index contributed by atoms with van der Waals surface area (Å²) in [4.78, 5) is 24.3. The third-order valence-electron chi connectivity index (χ3n) is 5.65. The molecule has 0 heterocycles. The fraction of sp³-hybridized carbons (Fsp3) is 0.407. The van der Waals surface area contributed by atoms with Crippen LogP contribution >= 0.6 is 0 Å². The van der Waals surface area contributed by atoms with E-state index in [0.29, 0.717) is 30.4 Å². The van der Waals surface area contributed by atoms with E-state index in [2.05, 4.69) is 5.92 Å². The van der Waals surface area contributed by atoms with E-state index in [0.717, 1.165) is 44.1 Å². The molecule has 0 spiro atoms. The van der Waals surface area contributed by atoms with Crippen LogP contribution in [0.3, 0.4) is 0 Å². The summed E-state index contributed by atoms with van der Waals surface area (Å²) in [6.07, 6.45) is 12.1. The molecule has 0 fully saturated rings. The number of carbonyl (C=O) groups is 2. The van der Waals surface area contributed by atoms with Crippen LogP contribution in [0.5, 0.6) is 0 Å². The number of ketones is 1. The molecule has 2 aromatic rings. The van der Waals surface area contributed by atoms with E-state index >= 15 is 0 Å². The smallest absolute Gasteiger partial charge is 0.223 e. The Morgan fingerprint density at radius 1 is 0.871 bits per heavy atom. The highest BCUT2D eigenvalue weighted by Gasteiger charge is 2.24. The minimum Gasteiger partial charge on any atom is -0.392 e. The average Bonchev–Trinajstić information content (AvgIpc) is 2.79. The minimum absolute atomic E-state index is 0.0136. The van der Waals surface area contributed by atoms with Gasteiger partial charge in [-0.2, -0.15) is 0 Å². The summed E-state index contributed by atoms with van der Waals surface area (Å²) in [7, 11) is 0. The number of aliphatic hydroxyl groups excluding tert-OH is 1. The average molecular weight is 420 g/mol. The maximum Gasteiger partial charge on any atom is 0.223 e. The first-order valence-electron chi connectivity index (χ1n) is 11.1. The number of hydrogen-bond donors (Lipinski definition) is 2. The highest BCUT2D eigenvalue weighted by atomic mass is 16.3. The standard InChI is InChI=1S/C27H33NO3/c1-2-3-4-5-6-7-11-14-24(27(28)31)25(29)20-17-21-15-18-23(19-16-21)26(30)22-12-9-8-10-13-22/h1,8-10,12-13,15-16,18-19,24-25,29H,3-7,11,14,17,20H2,(H2,28,31). The fourth-order valence-electron chi connectivity index (χ4n) is 3.74.